The van der Waals surface area contributed by atoms with Crippen molar-refractivity contribution in [2.75, 3.05) is 40.0 Å². The lowest BCUT2D eigenvalue weighted by atomic mass is 10.0. The van der Waals surface area contributed by atoms with Gasteiger partial charge in [-0.15, -0.1) is 0 Å². The van der Waals surface area contributed by atoms with Gasteiger partial charge >= 0.3 is 5.69 Å². The highest BCUT2D eigenvalue weighted by Gasteiger charge is 2.25. The van der Waals surface area contributed by atoms with Gasteiger partial charge in [0.25, 0.3) is 0 Å². The zero-order valence-electron chi connectivity index (χ0n) is 18.1. The first-order valence-electron chi connectivity index (χ1n) is 10.4. The number of hydrogen-bond acceptors (Lipinski definition) is 7. The molecule has 9 heteroatoms. The summed E-state index contributed by atoms with van der Waals surface area (Å²) in [6, 6.07) is 9.12. The van der Waals surface area contributed by atoms with E-state index < -0.39 is 4.92 Å². The molecule has 4 rings (SSSR count). The molecule has 1 aliphatic heterocycles. The van der Waals surface area contributed by atoms with Gasteiger partial charge in [-0.3, -0.25) is 15.0 Å². The maximum absolute atomic E-state index is 11.5. The van der Waals surface area contributed by atoms with Crippen LogP contribution in [0, 0.1) is 10.1 Å². The number of benzene rings is 1. The summed E-state index contributed by atoms with van der Waals surface area (Å²) in [7, 11) is 5.71. The topological polar surface area (TPSA) is 102 Å². The molecule has 3 aromatic rings. The second-order valence-corrected chi connectivity index (χ2v) is 8.19. The highest BCUT2D eigenvalue weighted by Crippen LogP contribution is 2.34. The molecule has 2 N–H and O–H groups in total. The number of aromatic nitrogens is 2. The number of rotatable bonds is 6. The number of methoxy groups -OCH3 is 1. The fourth-order valence-electron chi connectivity index (χ4n) is 4.27. The van der Waals surface area contributed by atoms with Crippen molar-refractivity contribution in [1.82, 2.24) is 19.2 Å². The van der Waals surface area contributed by atoms with E-state index in [-0.39, 0.29) is 11.4 Å². The number of nitrogens with two attached hydrogens (primary N) is 1. The summed E-state index contributed by atoms with van der Waals surface area (Å²) in [5.74, 6) is 0.228. The Balaban J connectivity index is 1.77. The SMILES string of the molecule is COc1ccc(-c2nc3ccc(N)cn3c2CN(C)C2CCN(C)CC2)cc1[N+](=O)[O-]. The molecule has 1 fully saturated rings. The van der Waals surface area contributed by atoms with E-state index in [0.717, 1.165) is 43.0 Å². The molecule has 0 radical (unpaired) electrons. The van der Waals surface area contributed by atoms with Gasteiger partial charge in [0, 0.05) is 36.1 Å². The Bertz CT molecular complexity index is 1100. The smallest absolute Gasteiger partial charge is 0.311 e. The van der Waals surface area contributed by atoms with Crippen LogP contribution in [0.2, 0.25) is 0 Å². The van der Waals surface area contributed by atoms with Crippen LogP contribution < -0.4 is 10.5 Å². The minimum absolute atomic E-state index is 0.0776. The van der Waals surface area contributed by atoms with Crippen molar-refractivity contribution in [2.45, 2.75) is 25.4 Å². The minimum Gasteiger partial charge on any atom is -0.490 e. The third-order valence-corrected chi connectivity index (χ3v) is 6.10. The summed E-state index contributed by atoms with van der Waals surface area (Å²) in [4.78, 5) is 20.6. The normalized spacial score (nSPS) is 15.6. The van der Waals surface area contributed by atoms with Crippen LogP contribution >= 0.6 is 0 Å². The predicted molar refractivity (Wildman–Crippen MR) is 120 cm³/mol. The van der Waals surface area contributed by atoms with E-state index in [9.17, 15) is 10.1 Å². The number of nitro benzene ring substituents is 1. The van der Waals surface area contributed by atoms with E-state index in [1.54, 1.807) is 6.07 Å². The molecule has 0 bridgehead atoms. The molecule has 2 aromatic heterocycles. The van der Waals surface area contributed by atoms with Gasteiger partial charge in [0.15, 0.2) is 5.75 Å². The second kappa shape index (κ2) is 8.52. The Morgan fingerprint density at radius 1 is 1.29 bits per heavy atom. The van der Waals surface area contributed by atoms with Crippen LogP contribution in [-0.4, -0.2) is 64.4 Å². The van der Waals surface area contributed by atoms with Crippen molar-refractivity contribution < 1.29 is 9.66 Å². The van der Waals surface area contributed by atoms with Gasteiger partial charge in [0.05, 0.1) is 23.4 Å². The lowest BCUT2D eigenvalue weighted by Gasteiger charge is -2.35. The summed E-state index contributed by atoms with van der Waals surface area (Å²) < 4.78 is 7.15. The van der Waals surface area contributed by atoms with Gasteiger partial charge in [0.1, 0.15) is 5.65 Å². The van der Waals surface area contributed by atoms with E-state index >= 15 is 0 Å². The van der Waals surface area contributed by atoms with Crippen molar-refractivity contribution >= 4 is 17.0 Å². The standard InChI is InChI=1S/C22H28N6O3/c1-25-10-8-17(9-11-25)26(2)14-19-22(24-21-7-5-16(23)13-27(19)21)15-4-6-20(31-3)18(12-15)28(29)30/h4-7,12-13,17H,8-11,14,23H2,1-3H3. The first-order valence-corrected chi connectivity index (χ1v) is 10.4. The highest BCUT2D eigenvalue weighted by molar-refractivity contribution is 5.71. The first kappa shape index (κ1) is 21.1. The third-order valence-electron chi connectivity index (χ3n) is 6.10. The number of anilines is 1. The Labute approximate surface area is 181 Å². The number of ether oxygens (including phenoxy) is 1. The number of nitrogens with zero attached hydrogens (tertiary/aromatic N) is 5. The number of piperidine rings is 1. The van der Waals surface area contributed by atoms with E-state index in [1.807, 2.05) is 28.8 Å². The highest BCUT2D eigenvalue weighted by atomic mass is 16.6. The maximum Gasteiger partial charge on any atom is 0.311 e. The fourth-order valence-corrected chi connectivity index (χ4v) is 4.27. The number of pyridine rings is 1. The molecule has 3 heterocycles. The Kier molecular flexibility index (Phi) is 5.79. The maximum atomic E-state index is 11.5. The van der Waals surface area contributed by atoms with Crippen LogP contribution in [0.25, 0.3) is 16.9 Å². The van der Waals surface area contributed by atoms with Gasteiger partial charge in [-0.25, -0.2) is 4.98 Å². The van der Waals surface area contributed by atoms with Crippen LogP contribution in [0.15, 0.2) is 36.5 Å². The summed E-state index contributed by atoms with van der Waals surface area (Å²) >= 11 is 0. The lowest BCUT2D eigenvalue weighted by molar-refractivity contribution is -0.385. The quantitative estimate of drug-likeness (QED) is 0.479. The molecule has 164 valence electrons. The first-order chi connectivity index (χ1) is 14.9. The Hall–Kier alpha value is -3.17. The largest absolute Gasteiger partial charge is 0.490 e. The van der Waals surface area contributed by atoms with Crippen molar-refractivity contribution in [3.05, 3.63) is 52.3 Å². The average molecular weight is 425 g/mol. The molecule has 1 aromatic carbocycles. The van der Waals surface area contributed by atoms with E-state index in [4.69, 9.17) is 15.5 Å². The molecule has 0 spiro atoms. The van der Waals surface area contributed by atoms with E-state index in [0.29, 0.717) is 23.8 Å². The molecule has 31 heavy (non-hydrogen) atoms. The van der Waals surface area contributed by atoms with Crippen molar-refractivity contribution in [3.8, 4) is 17.0 Å². The molecule has 0 aliphatic carbocycles. The monoisotopic (exact) mass is 424 g/mol. The average Bonchev–Trinajstić information content (AvgIpc) is 3.11. The Morgan fingerprint density at radius 2 is 2.03 bits per heavy atom. The van der Waals surface area contributed by atoms with Crippen LogP contribution in [0.5, 0.6) is 5.75 Å². The summed E-state index contributed by atoms with van der Waals surface area (Å²) in [6.07, 6.45) is 4.08. The van der Waals surface area contributed by atoms with Crippen LogP contribution in [0.1, 0.15) is 18.5 Å². The minimum atomic E-state index is -0.430. The lowest BCUT2D eigenvalue weighted by Crippen LogP contribution is -2.41. The number of nitrogen functional groups attached to an aromatic ring is 1. The van der Waals surface area contributed by atoms with E-state index in [2.05, 4.69) is 23.9 Å². The van der Waals surface area contributed by atoms with Crippen LogP contribution in [0.3, 0.4) is 0 Å². The second-order valence-electron chi connectivity index (χ2n) is 8.19. The van der Waals surface area contributed by atoms with Gasteiger partial charge < -0.3 is 19.8 Å². The van der Waals surface area contributed by atoms with Gasteiger partial charge in [0.2, 0.25) is 0 Å². The van der Waals surface area contributed by atoms with Crippen molar-refractivity contribution in [2.24, 2.45) is 0 Å². The number of nitro groups is 1. The van der Waals surface area contributed by atoms with Crippen LogP contribution in [0.4, 0.5) is 11.4 Å². The predicted octanol–water partition coefficient (Wildman–Crippen LogP) is 3.03. The van der Waals surface area contributed by atoms with E-state index in [1.165, 1.54) is 13.2 Å². The summed E-state index contributed by atoms with van der Waals surface area (Å²) in [6.45, 7) is 2.81. The zero-order valence-corrected chi connectivity index (χ0v) is 18.1. The number of hydrogen-bond donors (Lipinski definition) is 1. The van der Waals surface area contributed by atoms with Crippen molar-refractivity contribution in [3.63, 3.8) is 0 Å². The van der Waals surface area contributed by atoms with Gasteiger partial charge in [-0.1, -0.05) is 0 Å². The molecule has 0 atom stereocenters. The summed E-state index contributed by atoms with van der Waals surface area (Å²) in [5, 5.41) is 11.5. The van der Waals surface area contributed by atoms with Gasteiger partial charge in [-0.2, -0.15) is 0 Å². The molecule has 0 amide bonds. The molecule has 1 saturated heterocycles. The molecular formula is C22H28N6O3. The van der Waals surface area contributed by atoms with Crippen LogP contribution in [-0.2, 0) is 6.54 Å². The number of fused-ring (bicyclic) bond motifs is 1. The summed E-state index contributed by atoms with van der Waals surface area (Å²) in [5.41, 5.74) is 9.74. The van der Waals surface area contributed by atoms with Crippen molar-refractivity contribution in [1.29, 1.82) is 0 Å². The molecule has 0 saturated carbocycles. The zero-order chi connectivity index (χ0) is 22.1. The molecule has 1 aliphatic rings. The fraction of sp³-hybridized carbons (Fsp3) is 0.409. The molecule has 9 nitrogen and oxygen atoms in total. The van der Waals surface area contributed by atoms with Gasteiger partial charge in [-0.05, 0) is 64.3 Å². The number of likely N-dealkylation sites (tertiary alicyclic amines) is 1. The Morgan fingerprint density at radius 3 is 2.71 bits per heavy atom. The molecular weight excluding hydrogens is 396 g/mol. The number of imidazole rings is 1. The molecule has 0 unspecified atom stereocenters. The third kappa shape index (κ3) is 4.19.